The summed E-state index contributed by atoms with van der Waals surface area (Å²) in [6.45, 7) is 13.3. The minimum Gasteiger partial charge on any atom is -0.497 e. The molecule has 5 rings (SSSR count). The molecule has 0 bridgehead atoms. The van der Waals surface area contributed by atoms with E-state index in [4.69, 9.17) is 19.2 Å². The highest BCUT2D eigenvalue weighted by Gasteiger charge is 2.29. The van der Waals surface area contributed by atoms with Gasteiger partial charge in [-0.2, -0.15) is 4.39 Å². The van der Waals surface area contributed by atoms with Crippen molar-refractivity contribution < 1.29 is 23.4 Å². The van der Waals surface area contributed by atoms with Crippen LogP contribution in [0.15, 0.2) is 66.9 Å². The van der Waals surface area contributed by atoms with Crippen molar-refractivity contribution in [1.29, 1.82) is 0 Å². The van der Waals surface area contributed by atoms with E-state index in [9.17, 15) is 4.79 Å². The Bertz CT molecular complexity index is 1660. The van der Waals surface area contributed by atoms with Gasteiger partial charge in [0.2, 0.25) is 5.95 Å². The first-order valence-electron chi connectivity index (χ1n) is 16.6. The Morgan fingerprint density at radius 1 is 0.918 bits per heavy atom. The van der Waals surface area contributed by atoms with Crippen LogP contribution >= 0.6 is 0 Å². The summed E-state index contributed by atoms with van der Waals surface area (Å²) in [7, 11) is 3.30. The van der Waals surface area contributed by atoms with Gasteiger partial charge < -0.3 is 24.0 Å². The molecule has 0 radical (unpaired) electrons. The molecule has 1 saturated heterocycles. The lowest BCUT2D eigenvalue weighted by atomic mass is 10.1. The Kier molecular flexibility index (Phi) is 11.3. The third-order valence-electron chi connectivity index (χ3n) is 8.49. The molecule has 2 aromatic carbocycles. The van der Waals surface area contributed by atoms with Crippen molar-refractivity contribution in [2.45, 2.75) is 65.8 Å². The van der Waals surface area contributed by atoms with Gasteiger partial charge in [-0.15, -0.1) is 0 Å². The summed E-state index contributed by atoms with van der Waals surface area (Å²) in [4.78, 5) is 32.4. The number of carbonyl (C=O) groups is 1. The molecule has 260 valence electrons. The normalized spacial score (nSPS) is 15.2. The largest absolute Gasteiger partial charge is 0.497 e. The second-order valence-electron chi connectivity index (χ2n) is 13.5. The van der Waals surface area contributed by atoms with Gasteiger partial charge in [0, 0.05) is 57.6 Å². The first kappa shape index (κ1) is 35.5. The zero-order valence-electron chi connectivity index (χ0n) is 29.6. The van der Waals surface area contributed by atoms with Gasteiger partial charge in [-0.3, -0.25) is 4.90 Å². The lowest BCUT2D eigenvalue weighted by Gasteiger charge is -2.40. The number of ether oxygens (including phenoxy) is 3. The second-order valence-corrected chi connectivity index (χ2v) is 13.5. The Hall–Kier alpha value is -4.77. The van der Waals surface area contributed by atoms with Crippen molar-refractivity contribution in [3.8, 4) is 22.8 Å². The van der Waals surface area contributed by atoms with Crippen LogP contribution in [0.1, 0.15) is 50.2 Å². The van der Waals surface area contributed by atoms with E-state index in [1.165, 1.54) is 0 Å². The van der Waals surface area contributed by atoms with Crippen molar-refractivity contribution in [1.82, 2.24) is 24.8 Å². The molecule has 0 aliphatic carbocycles. The lowest BCUT2D eigenvalue weighted by molar-refractivity contribution is 0.00597. The van der Waals surface area contributed by atoms with Crippen LogP contribution < -0.4 is 14.4 Å². The molecule has 49 heavy (non-hydrogen) atoms. The number of benzene rings is 2. The third-order valence-corrected chi connectivity index (χ3v) is 8.49. The summed E-state index contributed by atoms with van der Waals surface area (Å²) in [5, 5.41) is 0. The van der Waals surface area contributed by atoms with E-state index in [1.54, 1.807) is 25.3 Å². The van der Waals surface area contributed by atoms with Gasteiger partial charge in [0.25, 0.3) is 0 Å². The molecule has 4 aromatic rings. The standard InChI is InChI=1S/C38H47FN6O4/c1-26-23-44(37(46)49-38(3,4)5)19-18-43(26)17-16-30-20-33(36(39)40-22-30)34-21-35(42-27(2)41-34)45(24-28-8-12-31(47-6)13-9-28)25-29-10-14-32(48-7)15-11-29/h8-15,20-22,26H,16-19,23-25H2,1-7H3/t26-/m0/s1. The predicted octanol–water partition coefficient (Wildman–Crippen LogP) is 6.69. The highest BCUT2D eigenvalue weighted by molar-refractivity contribution is 5.68. The van der Waals surface area contributed by atoms with Gasteiger partial charge in [-0.05, 0) is 88.1 Å². The van der Waals surface area contributed by atoms with E-state index in [-0.39, 0.29) is 12.1 Å². The van der Waals surface area contributed by atoms with Crippen LogP contribution in [-0.2, 0) is 24.2 Å². The van der Waals surface area contributed by atoms with Gasteiger partial charge in [-0.25, -0.2) is 19.7 Å². The van der Waals surface area contributed by atoms with Gasteiger partial charge in [-0.1, -0.05) is 24.3 Å². The van der Waals surface area contributed by atoms with Crippen molar-refractivity contribution >= 4 is 11.9 Å². The number of hydrogen-bond donors (Lipinski definition) is 0. The second kappa shape index (κ2) is 15.6. The van der Waals surface area contributed by atoms with Crippen LogP contribution in [0.4, 0.5) is 15.0 Å². The number of rotatable bonds is 11. The minimum absolute atomic E-state index is 0.156. The number of hydrogen-bond acceptors (Lipinski definition) is 9. The smallest absolute Gasteiger partial charge is 0.410 e. The Morgan fingerprint density at radius 2 is 1.53 bits per heavy atom. The number of aromatic nitrogens is 3. The number of amides is 1. The van der Waals surface area contributed by atoms with E-state index in [0.717, 1.165) is 41.3 Å². The Balaban J connectivity index is 1.34. The lowest BCUT2D eigenvalue weighted by Crippen LogP contribution is -2.54. The van der Waals surface area contributed by atoms with E-state index in [2.05, 4.69) is 26.7 Å². The van der Waals surface area contributed by atoms with Crippen LogP contribution in [0.25, 0.3) is 11.3 Å². The number of halogens is 1. The fourth-order valence-corrected chi connectivity index (χ4v) is 5.87. The van der Waals surface area contributed by atoms with Crippen LogP contribution in [0, 0.1) is 12.9 Å². The topological polar surface area (TPSA) is 93.2 Å². The minimum atomic E-state index is -0.580. The molecule has 2 aromatic heterocycles. The van der Waals surface area contributed by atoms with Crippen molar-refractivity contribution in [3.63, 3.8) is 0 Å². The monoisotopic (exact) mass is 670 g/mol. The van der Waals surface area contributed by atoms with Crippen LogP contribution in [0.3, 0.4) is 0 Å². The highest BCUT2D eigenvalue weighted by Crippen LogP contribution is 2.28. The molecule has 1 fully saturated rings. The summed E-state index contributed by atoms with van der Waals surface area (Å²) in [5.41, 5.74) is 3.33. The molecule has 0 spiro atoms. The molecule has 1 aliphatic heterocycles. The molecular weight excluding hydrogens is 623 g/mol. The van der Waals surface area contributed by atoms with Crippen molar-refractivity contribution in [2.24, 2.45) is 0 Å². The molecular formula is C38H47FN6O4. The molecule has 0 unspecified atom stereocenters. The summed E-state index contributed by atoms with van der Waals surface area (Å²) >= 11 is 0. The predicted molar refractivity (Wildman–Crippen MR) is 188 cm³/mol. The first-order chi connectivity index (χ1) is 23.4. The van der Waals surface area contributed by atoms with Crippen LogP contribution in [0.2, 0.25) is 0 Å². The fraction of sp³-hybridized carbons (Fsp3) is 0.421. The number of piperazine rings is 1. The average Bonchev–Trinajstić information content (AvgIpc) is 3.07. The fourth-order valence-electron chi connectivity index (χ4n) is 5.87. The number of nitrogens with zero attached hydrogens (tertiary/aromatic N) is 6. The number of aryl methyl sites for hydroxylation is 1. The summed E-state index contributed by atoms with van der Waals surface area (Å²) < 4.78 is 31.7. The zero-order valence-corrected chi connectivity index (χ0v) is 29.6. The molecule has 11 heteroatoms. The van der Waals surface area contributed by atoms with E-state index in [0.29, 0.717) is 55.5 Å². The number of anilines is 1. The SMILES string of the molecule is COc1ccc(CN(Cc2ccc(OC)cc2)c2cc(-c3cc(CCN4CCN(C(=O)OC(C)(C)C)C[C@@H]4C)cnc3F)nc(C)n2)cc1. The van der Waals surface area contributed by atoms with Crippen molar-refractivity contribution in [3.05, 3.63) is 95.3 Å². The van der Waals surface area contributed by atoms with Gasteiger partial charge in [0.15, 0.2) is 0 Å². The van der Waals surface area contributed by atoms with Gasteiger partial charge in [0.1, 0.15) is 28.7 Å². The number of carbonyl (C=O) groups excluding carboxylic acids is 1. The first-order valence-corrected chi connectivity index (χ1v) is 16.6. The maximum absolute atomic E-state index is 15.4. The summed E-state index contributed by atoms with van der Waals surface area (Å²) in [5.74, 6) is 2.19. The molecule has 10 nitrogen and oxygen atoms in total. The third kappa shape index (κ3) is 9.66. The van der Waals surface area contributed by atoms with Crippen LogP contribution in [-0.4, -0.2) is 82.9 Å². The maximum Gasteiger partial charge on any atom is 0.410 e. The molecule has 0 saturated carbocycles. The van der Waals surface area contributed by atoms with Gasteiger partial charge in [0.05, 0.1) is 25.5 Å². The highest BCUT2D eigenvalue weighted by atomic mass is 19.1. The molecule has 1 amide bonds. The zero-order chi connectivity index (χ0) is 35.1. The molecule has 3 heterocycles. The molecule has 1 aliphatic rings. The van der Waals surface area contributed by atoms with Gasteiger partial charge >= 0.3 is 6.09 Å². The van der Waals surface area contributed by atoms with E-state index >= 15 is 4.39 Å². The Labute approximate surface area is 288 Å². The molecule has 0 N–H and O–H groups in total. The van der Waals surface area contributed by atoms with Crippen molar-refractivity contribution in [2.75, 3.05) is 45.3 Å². The summed E-state index contributed by atoms with van der Waals surface area (Å²) in [6.07, 6.45) is 1.99. The quantitative estimate of drug-likeness (QED) is 0.162. The number of pyridine rings is 1. The Morgan fingerprint density at radius 3 is 2.08 bits per heavy atom. The van der Waals surface area contributed by atoms with E-state index < -0.39 is 11.5 Å². The maximum atomic E-state index is 15.4. The summed E-state index contributed by atoms with van der Waals surface area (Å²) in [6, 6.07) is 19.7. The van der Waals surface area contributed by atoms with E-state index in [1.807, 2.05) is 88.4 Å². The van der Waals surface area contributed by atoms with Crippen LogP contribution in [0.5, 0.6) is 11.5 Å². The average molecular weight is 671 g/mol. The number of methoxy groups -OCH3 is 2. The molecule has 1 atom stereocenters.